The molecule has 0 saturated carbocycles. The fourth-order valence-corrected chi connectivity index (χ4v) is 0.942. The van der Waals surface area contributed by atoms with Crippen LogP contribution in [0.1, 0.15) is 13.8 Å². The molecule has 1 amide bonds. The number of carbonyl (C=O) groups is 1. The van der Waals surface area contributed by atoms with Gasteiger partial charge in [0.1, 0.15) is 0 Å². The molecule has 0 aromatic rings. The van der Waals surface area contributed by atoms with Gasteiger partial charge in [-0.1, -0.05) is 0 Å². The lowest BCUT2D eigenvalue weighted by Gasteiger charge is -1.97. The highest BCUT2D eigenvalue weighted by Gasteiger charge is 2.44. The maximum atomic E-state index is 10.7. The van der Waals surface area contributed by atoms with Crippen molar-refractivity contribution in [1.29, 1.82) is 0 Å². The number of rotatable bonds is 0. The summed E-state index contributed by atoms with van der Waals surface area (Å²) in [5.41, 5.74) is 0. The average Bonchev–Trinajstić information content (AvgIpc) is 2.40. The minimum Gasteiger partial charge on any atom is -0.453 e. The molecule has 52 valence electrons. The minimum atomic E-state index is -0.213. The first-order valence-corrected chi connectivity index (χ1v) is 3.04. The van der Waals surface area contributed by atoms with Gasteiger partial charge in [0.2, 0.25) is 0 Å². The summed E-state index contributed by atoms with van der Waals surface area (Å²) in [4.78, 5) is 12.4. The first-order valence-electron chi connectivity index (χ1n) is 3.04. The molecule has 0 bridgehead atoms. The van der Waals surface area contributed by atoms with Crippen molar-refractivity contribution in [3.63, 3.8) is 0 Å². The summed E-state index contributed by atoms with van der Waals surface area (Å²) < 4.78 is 4.50. The van der Waals surface area contributed by atoms with E-state index in [9.17, 15) is 4.79 Å². The third kappa shape index (κ3) is 0.866. The number of hydrogen-bond acceptors (Lipinski definition) is 2. The monoisotopic (exact) mass is 129 g/mol. The van der Waals surface area contributed by atoms with Crippen LogP contribution >= 0.6 is 0 Å². The van der Waals surface area contributed by atoms with Crippen molar-refractivity contribution in [2.75, 3.05) is 7.11 Å². The van der Waals surface area contributed by atoms with Gasteiger partial charge < -0.3 is 4.74 Å². The first kappa shape index (κ1) is 6.39. The summed E-state index contributed by atoms with van der Waals surface area (Å²) in [6, 6.07) is 0.745. The third-order valence-electron chi connectivity index (χ3n) is 1.87. The Hall–Kier alpha value is -0.730. The normalized spacial score (nSPS) is 32.1. The molecule has 0 aliphatic carbocycles. The quantitative estimate of drug-likeness (QED) is 0.454. The molecular formula is C6H11NO2. The van der Waals surface area contributed by atoms with Gasteiger partial charge in [-0.15, -0.1) is 0 Å². The predicted molar refractivity (Wildman–Crippen MR) is 33.2 cm³/mol. The zero-order valence-corrected chi connectivity index (χ0v) is 5.92. The van der Waals surface area contributed by atoms with Gasteiger partial charge in [0.05, 0.1) is 19.2 Å². The van der Waals surface area contributed by atoms with E-state index in [1.807, 2.05) is 13.8 Å². The smallest absolute Gasteiger partial charge is 0.410 e. The molecule has 2 atom stereocenters. The van der Waals surface area contributed by atoms with Crippen LogP contribution in [-0.2, 0) is 4.74 Å². The van der Waals surface area contributed by atoms with Crippen molar-refractivity contribution in [2.45, 2.75) is 25.9 Å². The average molecular weight is 129 g/mol. The number of nitrogens with zero attached hydrogens (tertiary/aromatic N) is 1. The maximum Gasteiger partial charge on any atom is 0.410 e. The number of carbonyl (C=O) groups excluding carboxylic acids is 1. The Kier molecular flexibility index (Phi) is 1.35. The van der Waals surface area contributed by atoms with Crippen LogP contribution in [0.5, 0.6) is 0 Å². The van der Waals surface area contributed by atoms with Gasteiger partial charge in [-0.25, -0.2) is 4.79 Å². The van der Waals surface area contributed by atoms with E-state index >= 15 is 0 Å². The molecule has 0 spiro atoms. The molecule has 0 aromatic carbocycles. The molecule has 3 heteroatoms. The van der Waals surface area contributed by atoms with E-state index in [-0.39, 0.29) is 6.09 Å². The number of methoxy groups -OCH3 is 1. The largest absolute Gasteiger partial charge is 0.453 e. The zero-order valence-electron chi connectivity index (χ0n) is 5.92. The molecule has 1 aliphatic rings. The molecule has 1 fully saturated rings. The Balaban J connectivity index is 2.40. The molecule has 0 radical (unpaired) electrons. The Morgan fingerprint density at radius 1 is 1.44 bits per heavy atom. The Morgan fingerprint density at radius 3 is 2.00 bits per heavy atom. The SMILES string of the molecule is COC(=O)N1[C@H](C)[C@@H]1C. The first-order chi connectivity index (χ1) is 4.18. The van der Waals surface area contributed by atoms with E-state index in [2.05, 4.69) is 4.74 Å². The van der Waals surface area contributed by atoms with Gasteiger partial charge >= 0.3 is 6.09 Å². The van der Waals surface area contributed by atoms with Crippen molar-refractivity contribution in [3.8, 4) is 0 Å². The van der Waals surface area contributed by atoms with Crippen LogP contribution in [-0.4, -0.2) is 30.2 Å². The van der Waals surface area contributed by atoms with Crippen LogP contribution in [0.3, 0.4) is 0 Å². The van der Waals surface area contributed by atoms with Crippen LogP contribution in [0.15, 0.2) is 0 Å². The predicted octanol–water partition coefficient (Wildman–Crippen LogP) is 0.845. The number of amides is 1. The Bertz CT molecular complexity index is 127. The van der Waals surface area contributed by atoms with E-state index in [0.717, 1.165) is 0 Å². The third-order valence-corrected chi connectivity index (χ3v) is 1.87. The molecule has 3 nitrogen and oxygen atoms in total. The molecule has 1 saturated heterocycles. The molecule has 1 rings (SSSR count). The summed E-state index contributed by atoms with van der Waals surface area (Å²) in [5, 5.41) is 0. The second kappa shape index (κ2) is 1.90. The summed E-state index contributed by atoms with van der Waals surface area (Å²) in [6.07, 6.45) is -0.213. The number of hydrogen-bond donors (Lipinski definition) is 0. The van der Waals surface area contributed by atoms with E-state index in [1.54, 1.807) is 4.90 Å². The van der Waals surface area contributed by atoms with Gasteiger partial charge in [0, 0.05) is 0 Å². The second-order valence-electron chi connectivity index (χ2n) is 2.36. The molecule has 0 aromatic heterocycles. The summed E-state index contributed by atoms with van der Waals surface area (Å²) in [6.45, 7) is 4.00. The van der Waals surface area contributed by atoms with Crippen molar-refractivity contribution in [2.24, 2.45) is 0 Å². The summed E-state index contributed by atoms with van der Waals surface area (Å²) in [5.74, 6) is 0. The van der Waals surface area contributed by atoms with Gasteiger partial charge in [-0.2, -0.15) is 0 Å². The lowest BCUT2D eigenvalue weighted by molar-refractivity contribution is 0.151. The van der Waals surface area contributed by atoms with Crippen LogP contribution in [0, 0.1) is 0 Å². The molecule has 1 heterocycles. The minimum absolute atomic E-state index is 0.213. The van der Waals surface area contributed by atoms with Gasteiger partial charge in [0.15, 0.2) is 0 Å². The van der Waals surface area contributed by atoms with Crippen LogP contribution in [0.2, 0.25) is 0 Å². The highest BCUT2D eigenvalue weighted by molar-refractivity contribution is 5.71. The van der Waals surface area contributed by atoms with Crippen molar-refractivity contribution >= 4 is 6.09 Å². The highest BCUT2D eigenvalue weighted by atomic mass is 16.5. The fourth-order valence-electron chi connectivity index (χ4n) is 0.942. The van der Waals surface area contributed by atoms with Crippen LogP contribution < -0.4 is 0 Å². The Morgan fingerprint density at radius 2 is 1.89 bits per heavy atom. The van der Waals surface area contributed by atoms with E-state index in [4.69, 9.17) is 0 Å². The Labute approximate surface area is 54.6 Å². The zero-order chi connectivity index (χ0) is 7.02. The van der Waals surface area contributed by atoms with Crippen LogP contribution in [0.25, 0.3) is 0 Å². The summed E-state index contributed by atoms with van der Waals surface area (Å²) >= 11 is 0. The van der Waals surface area contributed by atoms with E-state index in [1.165, 1.54) is 7.11 Å². The van der Waals surface area contributed by atoms with Crippen molar-refractivity contribution in [3.05, 3.63) is 0 Å². The second-order valence-corrected chi connectivity index (χ2v) is 2.36. The topological polar surface area (TPSA) is 29.3 Å². The maximum absolute atomic E-state index is 10.7. The van der Waals surface area contributed by atoms with Crippen LogP contribution in [0.4, 0.5) is 4.79 Å². The molecule has 1 aliphatic heterocycles. The molecule has 0 unspecified atom stereocenters. The van der Waals surface area contributed by atoms with Gasteiger partial charge in [-0.05, 0) is 13.8 Å². The molecular weight excluding hydrogens is 118 g/mol. The standard InChI is InChI=1S/C6H11NO2/c1-4-5(2)7(4)6(8)9-3/h4-5H,1-3H3/t4-,5+,7?. The van der Waals surface area contributed by atoms with Crippen molar-refractivity contribution < 1.29 is 9.53 Å². The van der Waals surface area contributed by atoms with Gasteiger partial charge in [0.25, 0.3) is 0 Å². The lowest BCUT2D eigenvalue weighted by atomic mass is 10.4. The number of ether oxygens (including phenoxy) is 1. The van der Waals surface area contributed by atoms with E-state index in [0.29, 0.717) is 12.1 Å². The van der Waals surface area contributed by atoms with Crippen molar-refractivity contribution in [1.82, 2.24) is 4.90 Å². The summed E-state index contributed by atoms with van der Waals surface area (Å²) in [7, 11) is 1.40. The van der Waals surface area contributed by atoms with Gasteiger partial charge in [-0.3, -0.25) is 4.90 Å². The lowest BCUT2D eigenvalue weighted by Crippen LogP contribution is -2.12. The molecule has 9 heavy (non-hydrogen) atoms. The highest BCUT2D eigenvalue weighted by Crippen LogP contribution is 2.27. The fraction of sp³-hybridized carbons (Fsp3) is 0.833. The van der Waals surface area contributed by atoms with E-state index < -0.39 is 0 Å². The molecule has 0 N–H and O–H groups in total.